The molecule has 0 saturated carbocycles. The fourth-order valence-electron chi connectivity index (χ4n) is 2.69. The standard InChI is InChI=1S/C21H13ClI2N2O4/c1-3-6-30-18-16(23)8-12(9-17(18)24)7-14-19(27)25-21(29)26(20(14)28)13-5-4-11(2)15(22)10-13/h1,4-5,7-10H,6H2,2H3,(H,25,27,29)/b14-7-. The van der Waals surface area contributed by atoms with E-state index in [0.29, 0.717) is 16.3 Å². The van der Waals surface area contributed by atoms with Crippen molar-refractivity contribution in [3.8, 4) is 18.1 Å². The van der Waals surface area contributed by atoms with Crippen LogP contribution in [0.4, 0.5) is 10.5 Å². The quantitative estimate of drug-likeness (QED) is 0.229. The van der Waals surface area contributed by atoms with E-state index in [9.17, 15) is 14.4 Å². The minimum Gasteiger partial charge on any atom is -0.479 e. The number of ether oxygens (including phenoxy) is 1. The molecule has 4 amide bonds. The van der Waals surface area contributed by atoms with Crippen LogP contribution in [0.2, 0.25) is 5.02 Å². The summed E-state index contributed by atoms with van der Waals surface area (Å²) in [6, 6.07) is 7.47. The van der Waals surface area contributed by atoms with E-state index < -0.39 is 17.8 Å². The number of halogens is 3. The van der Waals surface area contributed by atoms with E-state index in [1.807, 2.05) is 0 Å². The van der Waals surface area contributed by atoms with Gasteiger partial charge in [0.25, 0.3) is 11.8 Å². The molecule has 0 bridgehead atoms. The van der Waals surface area contributed by atoms with E-state index >= 15 is 0 Å². The molecule has 1 fully saturated rings. The summed E-state index contributed by atoms with van der Waals surface area (Å²) in [5.74, 6) is 1.53. The number of benzene rings is 2. The molecule has 30 heavy (non-hydrogen) atoms. The summed E-state index contributed by atoms with van der Waals surface area (Å²) in [5.41, 5.74) is 1.50. The van der Waals surface area contributed by atoms with Crippen molar-refractivity contribution in [1.29, 1.82) is 0 Å². The van der Waals surface area contributed by atoms with Gasteiger partial charge in [0, 0.05) is 5.02 Å². The number of hydrogen-bond acceptors (Lipinski definition) is 4. The second kappa shape index (κ2) is 9.36. The van der Waals surface area contributed by atoms with Gasteiger partial charge >= 0.3 is 6.03 Å². The lowest BCUT2D eigenvalue weighted by molar-refractivity contribution is -0.122. The highest BCUT2D eigenvalue weighted by Gasteiger charge is 2.37. The third-order valence-corrected chi connectivity index (χ3v) is 6.16. The SMILES string of the molecule is C#CCOc1c(I)cc(/C=C2/C(=O)NC(=O)N(c3ccc(C)c(Cl)c3)C2=O)cc1I. The lowest BCUT2D eigenvalue weighted by Crippen LogP contribution is -2.54. The maximum absolute atomic E-state index is 13.0. The molecule has 1 aliphatic heterocycles. The smallest absolute Gasteiger partial charge is 0.335 e. The minimum atomic E-state index is -0.829. The summed E-state index contributed by atoms with van der Waals surface area (Å²) < 4.78 is 7.06. The Labute approximate surface area is 205 Å². The van der Waals surface area contributed by atoms with Crippen LogP contribution in [0.3, 0.4) is 0 Å². The summed E-state index contributed by atoms with van der Waals surface area (Å²) in [5, 5.41) is 2.60. The van der Waals surface area contributed by atoms with Crippen molar-refractivity contribution in [3.05, 3.63) is 59.2 Å². The highest BCUT2D eigenvalue weighted by atomic mass is 127. The van der Waals surface area contributed by atoms with Crippen LogP contribution in [0.5, 0.6) is 5.75 Å². The predicted molar refractivity (Wildman–Crippen MR) is 131 cm³/mol. The van der Waals surface area contributed by atoms with Crippen LogP contribution < -0.4 is 15.0 Å². The van der Waals surface area contributed by atoms with Gasteiger partial charge in [-0.1, -0.05) is 23.6 Å². The zero-order chi connectivity index (χ0) is 22.0. The zero-order valence-corrected chi connectivity index (χ0v) is 20.5. The zero-order valence-electron chi connectivity index (χ0n) is 15.5. The van der Waals surface area contributed by atoms with Crippen molar-refractivity contribution in [1.82, 2.24) is 5.32 Å². The van der Waals surface area contributed by atoms with Gasteiger partial charge in [0.05, 0.1) is 12.8 Å². The number of urea groups is 1. The normalized spacial score (nSPS) is 15.2. The van der Waals surface area contributed by atoms with Crippen molar-refractivity contribution >= 4 is 86.4 Å². The van der Waals surface area contributed by atoms with E-state index in [4.69, 9.17) is 22.8 Å². The second-order valence-corrected chi connectivity index (χ2v) is 8.93. The number of anilines is 1. The van der Waals surface area contributed by atoms with Gasteiger partial charge in [0.15, 0.2) is 0 Å². The first-order valence-corrected chi connectivity index (χ1v) is 11.0. The number of nitrogens with one attached hydrogen (secondary N) is 1. The summed E-state index contributed by atoms with van der Waals surface area (Å²) in [6.07, 6.45) is 6.67. The molecule has 1 N–H and O–H groups in total. The van der Waals surface area contributed by atoms with E-state index in [0.717, 1.165) is 17.6 Å². The molecule has 6 nitrogen and oxygen atoms in total. The van der Waals surface area contributed by atoms with Gasteiger partial charge < -0.3 is 4.74 Å². The van der Waals surface area contributed by atoms with Crippen LogP contribution in [0, 0.1) is 26.4 Å². The molecule has 0 radical (unpaired) electrons. The maximum atomic E-state index is 13.0. The number of terminal acetylenes is 1. The Morgan fingerprint density at radius 1 is 1.20 bits per heavy atom. The van der Waals surface area contributed by atoms with Crippen LogP contribution >= 0.6 is 56.8 Å². The van der Waals surface area contributed by atoms with Crippen molar-refractivity contribution < 1.29 is 19.1 Å². The predicted octanol–water partition coefficient (Wildman–Crippen LogP) is 4.54. The number of rotatable bonds is 4. The molecule has 1 aliphatic rings. The van der Waals surface area contributed by atoms with E-state index in [2.05, 4.69) is 56.4 Å². The van der Waals surface area contributed by atoms with E-state index in [1.54, 1.807) is 31.2 Å². The first kappa shape index (κ1) is 22.6. The van der Waals surface area contributed by atoms with Gasteiger partial charge in [-0.2, -0.15) is 0 Å². The molecule has 2 aromatic carbocycles. The van der Waals surface area contributed by atoms with Crippen LogP contribution in [-0.4, -0.2) is 24.5 Å². The van der Waals surface area contributed by atoms with Crippen molar-refractivity contribution in [2.75, 3.05) is 11.5 Å². The van der Waals surface area contributed by atoms with Crippen LogP contribution in [-0.2, 0) is 9.59 Å². The molecule has 0 aliphatic carbocycles. The van der Waals surface area contributed by atoms with Crippen LogP contribution in [0.15, 0.2) is 35.9 Å². The van der Waals surface area contributed by atoms with Gasteiger partial charge in [-0.25, -0.2) is 9.69 Å². The molecule has 9 heteroatoms. The molecular formula is C21H13ClI2N2O4. The summed E-state index contributed by atoms with van der Waals surface area (Å²) in [4.78, 5) is 38.6. The van der Waals surface area contributed by atoms with Gasteiger partial charge in [0.1, 0.15) is 17.9 Å². The van der Waals surface area contributed by atoms with E-state index in [-0.39, 0.29) is 17.9 Å². The Balaban J connectivity index is 2.00. The van der Waals surface area contributed by atoms with Gasteiger partial charge in [0.2, 0.25) is 0 Å². The molecule has 152 valence electrons. The molecule has 0 unspecified atom stereocenters. The minimum absolute atomic E-state index is 0.128. The third kappa shape index (κ3) is 4.63. The second-order valence-electron chi connectivity index (χ2n) is 6.20. The largest absolute Gasteiger partial charge is 0.479 e. The number of carbonyl (C=O) groups excluding carboxylic acids is 3. The van der Waals surface area contributed by atoms with Crippen molar-refractivity contribution in [2.24, 2.45) is 0 Å². The third-order valence-electron chi connectivity index (χ3n) is 4.15. The Hall–Kier alpha value is -2.10. The number of carbonyl (C=O) groups is 3. The fraction of sp³-hybridized carbons (Fsp3) is 0.0952. The van der Waals surface area contributed by atoms with Gasteiger partial charge in [-0.3, -0.25) is 14.9 Å². The summed E-state index contributed by atoms with van der Waals surface area (Å²) in [7, 11) is 0. The maximum Gasteiger partial charge on any atom is 0.335 e. The highest BCUT2D eigenvalue weighted by Crippen LogP contribution is 2.31. The Morgan fingerprint density at radius 2 is 1.87 bits per heavy atom. The molecule has 3 rings (SSSR count). The Morgan fingerprint density at radius 3 is 2.47 bits per heavy atom. The number of barbiturate groups is 1. The van der Waals surface area contributed by atoms with Gasteiger partial charge in [-0.15, -0.1) is 6.42 Å². The van der Waals surface area contributed by atoms with Crippen LogP contribution in [0.25, 0.3) is 6.08 Å². The number of amides is 4. The number of nitrogens with zero attached hydrogens (tertiary/aromatic N) is 1. The average Bonchev–Trinajstić information content (AvgIpc) is 2.67. The summed E-state index contributed by atoms with van der Waals surface area (Å²) in [6.45, 7) is 1.93. The average molecular weight is 647 g/mol. The topological polar surface area (TPSA) is 75.7 Å². The number of aryl methyl sites for hydroxylation is 1. The Bertz CT molecular complexity index is 1130. The highest BCUT2D eigenvalue weighted by molar-refractivity contribution is 14.1. The molecule has 0 aromatic heterocycles. The number of hydrogen-bond donors (Lipinski definition) is 1. The van der Waals surface area contributed by atoms with Gasteiger partial charge in [-0.05, 0) is 93.6 Å². The first-order valence-electron chi connectivity index (χ1n) is 8.46. The molecule has 2 aromatic rings. The lowest BCUT2D eigenvalue weighted by atomic mass is 10.1. The summed E-state index contributed by atoms with van der Waals surface area (Å²) >= 11 is 10.3. The monoisotopic (exact) mass is 646 g/mol. The molecular weight excluding hydrogens is 634 g/mol. The molecule has 1 heterocycles. The van der Waals surface area contributed by atoms with Crippen LogP contribution in [0.1, 0.15) is 11.1 Å². The number of imide groups is 2. The molecule has 0 spiro atoms. The van der Waals surface area contributed by atoms with E-state index in [1.165, 1.54) is 12.1 Å². The Kier molecular flexibility index (Phi) is 7.05. The molecule has 0 atom stereocenters. The fourth-order valence-corrected chi connectivity index (χ4v) is 5.00. The lowest BCUT2D eigenvalue weighted by Gasteiger charge is -2.26. The van der Waals surface area contributed by atoms with Crippen molar-refractivity contribution in [2.45, 2.75) is 6.92 Å². The molecule has 1 saturated heterocycles. The first-order chi connectivity index (χ1) is 14.2. The van der Waals surface area contributed by atoms with Crippen molar-refractivity contribution in [3.63, 3.8) is 0 Å².